The Balaban J connectivity index is 1.75. The molecule has 0 aromatic heterocycles. The van der Waals surface area contributed by atoms with Crippen molar-refractivity contribution in [3.8, 4) is 0 Å². The minimum atomic E-state index is -3.78. The van der Waals surface area contributed by atoms with Gasteiger partial charge in [-0.3, -0.25) is 9.52 Å². The van der Waals surface area contributed by atoms with Gasteiger partial charge < -0.3 is 10.4 Å². The molecule has 0 saturated carbocycles. The van der Waals surface area contributed by atoms with Crippen molar-refractivity contribution < 1.29 is 23.1 Å². The third-order valence-corrected chi connectivity index (χ3v) is 5.50. The predicted molar refractivity (Wildman–Crippen MR) is 110 cm³/mol. The van der Waals surface area contributed by atoms with Crippen molar-refractivity contribution in [3.05, 3.63) is 89.5 Å². The highest BCUT2D eigenvalue weighted by Gasteiger charge is 2.15. The molecule has 3 rings (SSSR count). The summed E-state index contributed by atoms with van der Waals surface area (Å²) in [5.41, 5.74) is 1.97. The van der Waals surface area contributed by atoms with Crippen LogP contribution in [0, 0.1) is 6.92 Å². The zero-order valence-electron chi connectivity index (χ0n) is 15.4. The second-order valence-corrected chi connectivity index (χ2v) is 8.02. The molecule has 0 spiro atoms. The first-order valence-electron chi connectivity index (χ1n) is 8.59. The molecule has 3 aromatic rings. The molecule has 8 heteroatoms. The molecule has 0 aliphatic carbocycles. The maximum Gasteiger partial charge on any atom is 0.335 e. The van der Waals surface area contributed by atoms with Gasteiger partial charge in [-0.1, -0.05) is 23.8 Å². The average Bonchev–Trinajstić information content (AvgIpc) is 2.68. The Morgan fingerprint density at radius 3 is 2.10 bits per heavy atom. The molecule has 0 aliphatic heterocycles. The number of amides is 1. The number of hydrogen-bond donors (Lipinski definition) is 3. The van der Waals surface area contributed by atoms with E-state index in [4.69, 9.17) is 5.11 Å². The monoisotopic (exact) mass is 410 g/mol. The van der Waals surface area contributed by atoms with E-state index in [9.17, 15) is 18.0 Å². The average molecular weight is 410 g/mol. The molecular weight excluding hydrogens is 392 g/mol. The molecule has 0 aliphatic rings. The van der Waals surface area contributed by atoms with Crippen LogP contribution in [0.15, 0.2) is 77.7 Å². The molecular formula is C21H18N2O5S. The number of aromatic carboxylic acids is 1. The molecule has 7 nitrogen and oxygen atoms in total. The van der Waals surface area contributed by atoms with Gasteiger partial charge in [-0.2, -0.15) is 0 Å². The molecule has 0 saturated heterocycles. The highest BCUT2D eigenvalue weighted by Crippen LogP contribution is 2.19. The molecule has 0 heterocycles. The zero-order valence-corrected chi connectivity index (χ0v) is 16.2. The summed E-state index contributed by atoms with van der Waals surface area (Å²) in [7, 11) is -3.78. The lowest BCUT2D eigenvalue weighted by Crippen LogP contribution is -2.15. The summed E-state index contributed by atoms with van der Waals surface area (Å²) in [6, 6.07) is 18.2. The number of nitrogens with one attached hydrogen (secondary N) is 2. The SMILES string of the molecule is Cc1ccc(S(=O)(=O)Nc2cccc(C(=O)Nc3ccc(C(=O)O)cc3)c2)cc1. The van der Waals surface area contributed by atoms with E-state index >= 15 is 0 Å². The first-order valence-corrected chi connectivity index (χ1v) is 10.1. The van der Waals surface area contributed by atoms with Crippen molar-refractivity contribution in [2.75, 3.05) is 10.0 Å². The zero-order chi connectivity index (χ0) is 21.0. The second kappa shape index (κ2) is 8.15. The number of carboxylic acids is 1. The number of aryl methyl sites for hydroxylation is 1. The van der Waals surface area contributed by atoms with Gasteiger partial charge in [0.2, 0.25) is 0 Å². The Hall–Kier alpha value is -3.65. The maximum absolute atomic E-state index is 12.5. The molecule has 0 fully saturated rings. The van der Waals surface area contributed by atoms with Crippen molar-refractivity contribution in [3.63, 3.8) is 0 Å². The first-order chi connectivity index (χ1) is 13.7. The quantitative estimate of drug-likeness (QED) is 0.573. The summed E-state index contributed by atoms with van der Waals surface area (Å²) in [4.78, 5) is 23.5. The maximum atomic E-state index is 12.5. The fourth-order valence-electron chi connectivity index (χ4n) is 2.55. The van der Waals surface area contributed by atoms with Crippen LogP contribution in [0.25, 0.3) is 0 Å². The van der Waals surface area contributed by atoms with E-state index in [0.717, 1.165) is 5.56 Å². The number of carboxylic acid groups (broad SMARTS) is 1. The number of carbonyl (C=O) groups is 2. The van der Waals surface area contributed by atoms with Gasteiger partial charge in [-0.05, 0) is 61.5 Å². The summed E-state index contributed by atoms with van der Waals surface area (Å²) < 4.78 is 27.5. The van der Waals surface area contributed by atoms with Crippen LogP contribution in [0.2, 0.25) is 0 Å². The Bertz CT molecular complexity index is 1150. The lowest BCUT2D eigenvalue weighted by molar-refractivity contribution is 0.0696. The topological polar surface area (TPSA) is 113 Å². The summed E-state index contributed by atoms with van der Waals surface area (Å²) in [6.07, 6.45) is 0. The minimum Gasteiger partial charge on any atom is -0.478 e. The van der Waals surface area contributed by atoms with Gasteiger partial charge in [0.05, 0.1) is 10.5 Å². The van der Waals surface area contributed by atoms with Gasteiger partial charge in [-0.15, -0.1) is 0 Å². The van der Waals surface area contributed by atoms with E-state index in [2.05, 4.69) is 10.0 Å². The van der Waals surface area contributed by atoms with E-state index in [-0.39, 0.29) is 21.7 Å². The van der Waals surface area contributed by atoms with E-state index in [0.29, 0.717) is 5.69 Å². The predicted octanol–water partition coefficient (Wildman–Crippen LogP) is 3.75. The van der Waals surface area contributed by atoms with Crippen LogP contribution in [0.3, 0.4) is 0 Å². The molecule has 0 atom stereocenters. The van der Waals surface area contributed by atoms with Gasteiger partial charge >= 0.3 is 5.97 Å². The Morgan fingerprint density at radius 2 is 1.48 bits per heavy atom. The van der Waals surface area contributed by atoms with Crippen LogP contribution in [0.5, 0.6) is 0 Å². The Kier molecular flexibility index (Phi) is 5.65. The first kappa shape index (κ1) is 20.1. The Labute approximate surface area is 168 Å². The van der Waals surface area contributed by atoms with Gasteiger partial charge in [0.15, 0.2) is 0 Å². The van der Waals surface area contributed by atoms with Gasteiger partial charge in [0, 0.05) is 16.9 Å². The highest BCUT2D eigenvalue weighted by molar-refractivity contribution is 7.92. The lowest BCUT2D eigenvalue weighted by atomic mass is 10.1. The number of sulfonamides is 1. The molecule has 0 radical (unpaired) electrons. The minimum absolute atomic E-state index is 0.107. The van der Waals surface area contributed by atoms with Crippen molar-refractivity contribution in [2.45, 2.75) is 11.8 Å². The second-order valence-electron chi connectivity index (χ2n) is 6.34. The third-order valence-electron chi connectivity index (χ3n) is 4.10. The molecule has 0 bridgehead atoms. The molecule has 3 N–H and O–H groups in total. The molecule has 148 valence electrons. The van der Waals surface area contributed by atoms with Crippen molar-refractivity contribution in [2.24, 2.45) is 0 Å². The van der Waals surface area contributed by atoms with Crippen molar-refractivity contribution in [1.29, 1.82) is 0 Å². The smallest absolute Gasteiger partial charge is 0.335 e. The molecule has 1 amide bonds. The fraction of sp³-hybridized carbons (Fsp3) is 0.0476. The summed E-state index contributed by atoms with van der Waals surface area (Å²) >= 11 is 0. The van der Waals surface area contributed by atoms with Crippen LogP contribution < -0.4 is 10.0 Å². The molecule has 0 unspecified atom stereocenters. The van der Waals surface area contributed by atoms with Crippen molar-refractivity contribution in [1.82, 2.24) is 0 Å². The van der Waals surface area contributed by atoms with Crippen LogP contribution >= 0.6 is 0 Å². The number of hydrogen-bond acceptors (Lipinski definition) is 4. The van der Waals surface area contributed by atoms with E-state index in [1.165, 1.54) is 42.5 Å². The number of rotatable bonds is 6. The standard InChI is InChI=1S/C21H18N2O5S/c1-14-5-11-19(12-6-14)29(27,28)23-18-4-2-3-16(13-18)20(24)22-17-9-7-15(8-10-17)21(25)26/h2-13,23H,1H3,(H,22,24)(H,25,26). The van der Waals surface area contributed by atoms with Gasteiger partial charge in [0.1, 0.15) is 0 Å². The third kappa shape index (κ3) is 4.99. The molecule has 3 aromatic carbocycles. The van der Waals surface area contributed by atoms with Gasteiger partial charge in [-0.25, -0.2) is 13.2 Å². The lowest BCUT2D eigenvalue weighted by Gasteiger charge is -2.10. The van der Waals surface area contributed by atoms with Gasteiger partial charge in [0.25, 0.3) is 15.9 Å². The number of anilines is 2. The van der Waals surface area contributed by atoms with E-state index in [1.807, 2.05) is 6.92 Å². The fourth-order valence-corrected chi connectivity index (χ4v) is 3.60. The summed E-state index contributed by atoms with van der Waals surface area (Å²) in [6.45, 7) is 1.86. The normalized spacial score (nSPS) is 10.9. The largest absolute Gasteiger partial charge is 0.478 e. The van der Waals surface area contributed by atoms with Crippen LogP contribution in [0.4, 0.5) is 11.4 Å². The highest BCUT2D eigenvalue weighted by atomic mass is 32.2. The van der Waals surface area contributed by atoms with E-state index in [1.54, 1.807) is 30.3 Å². The van der Waals surface area contributed by atoms with Crippen LogP contribution in [-0.2, 0) is 10.0 Å². The van der Waals surface area contributed by atoms with E-state index < -0.39 is 21.9 Å². The van der Waals surface area contributed by atoms with Crippen LogP contribution in [0.1, 0.15) is 26.3 Å². The van der Waals surface area contributed by atoms with Crippen molar-refractivity contribution >= 4 is 33.3 Å². The molecule has 29 heavy (non-hydrogen) atoms. The number of carbonyl (C=O) groups excluding carboxylic acids is 1. The van der Waals surface area contributed by atoms with Crippen LogP contribution in [-0.4, -0.2) is 25.4 Å². The summed E-state index contributed by atoms with van der Waals surface area (Å²) in [5, 5.41) is 11.6. The Morgan fingerprint density at radius 1 is 0.828 bits per heavy atom. The summed E-state index contributed by atoms with van der Waals surface area (Å²) in [5.74, 6) is -1.51. The number of benzene rings is 3.